The van der Waals surface area contributed by atoms with E-state index in [1.54, 1.807) is 6.33 Å². The summed E-state index contributed by atoms with van der Waals surface area (Å²) in [6.07, 6.45) is 5.92. The molecule has 0 unspecified atom stereocenters. The summed E-state index contributed by atoms with van der Waals surface area (Å²) in [4.78, 5) is 23.2. The Balaban J connectivity index is 1.35. The van der Waals surface area contributed by atoms with Crippen LogP contribution in [0.5, 0.6) is 0 Å². The van der Waals surface area contributed by atoms with Crippen LogP contribution in [0.2, 0.25) is 0 Å². The second-order valence-corrected chi connectivity index (χ2v) is 7.39. The van der Waals surface area contributed by atoms with Crippen LogP contribution in [0.3, 0.4) is 0 Å². The zero-order chi connectivity index (χ0) is 19.2. The minimum absolute atomic E-state index is 0.147. The fraction of sp³-hybridized carbons (Fsp3) is 0.476. The summed E-state index contributed by atoms with van der Waals surface area (Å²) < 4.78 is 5.40. The van der Waals surface area contributed by atoms with E-state index >= 15 is 0 Å². The number of morpholine rings is 1. The topological polar surface area (TPSA) is 79.4 Å². The molecule has 0 atom stereocenters. The van der Waals surface area contributed by atoms with Gasteiger partial charge in [0.1, 0.15) is 18.0 Å². The van der Waals surface area contributed by atoms with Crippen molar-refractivity contribution in [3.63, 3.8) is 0 Å². The highest BCUT2D eigenvalue weighted by molar-refractivity contribution is 5.92. The molecule has 1 aromatic heterocycles. The first kappa shape index (κ1) is 18.7. The number of rotatable bonds is 6. The van der Waals surface area contributed by atoms with Gasteiger partial charge in [0.15, 0.2) is 0 Å². The molecule has 148 valence electrons. The molecule has 0 bridgehead atoms. The average molecular weight is 381 g/mol. The van der Waals surface area contributed by atoms with Gasteiger partial charge in [0.05, 0.1) is 13.2 Å². The van der Waals surface area contributed by atoms with Gasteiger partial charge in [-0.1, -0.05) is 25.0 Å². The third kappa shape index (κ3) is 4.78. The van der Waals surface area contributed by atoms with Crippen molar-refractivity contribution in [3.05, 3.63) is 42.2 Å². The molecule has 1 saturated heterocycles. The van der Waals surface area contributed by atoms with E-state index in [4.69, 9.17) is 4.74 Å². The first-order chi connectivity index (χ1) is 13.8. The number of hydrogen-bond acceptors (Lipinski definition) is 6. The molecule has 7 heteroatoms. The zero-order valence-corrected chi connectivity index (χ0v) is 16.1. The molecular formula is C21H27N5O2. The van der Waals surface area contributed by atoms with Crippen molar-refractivity contribution in [3.8, 4) is 0 Å². The maximum atomic E-state index is 12.3. The van der Waals surface area contributed by atoms with Crippen molar-refractivity contribution in [2.75, 3.05) is 41.8 Å². The number of benzene rings is 1. The summed E-state index contributed by atoms with van der Waals surface area (Å²) in [6.45, 7) is 3.78. The lowest BCUT2D eigenvalue weighted by molar-refractivity contribution is -0.119. The molecule has 2 fully saturated rings. The molecule has 1 saturated carbocycles. The van der Waals surface area contributed by atoms with Gasteiger partial charge in [0.2, 0.25) is 5.91 Å². The van der Waals surface area contributed by atoms with Crippen molar-refractivity contribution >= 4 is 23.2 Å². The maximum absolute atomic E-state index is 12.3. The van der Waals surface area contributed by atoms with Gasteiger partial charge in [-0.05, 0) is 30.5 Å². The second kappa shape index (κ2) is 9.01. The number of nitrogens with one attached hydrogen (secondary N) is 2. The Hall–Kier alpha value is -2.67. The van der Waals surface area contributed by atoms with Crippen molar-refractivity contribution in [1.29, 1.82) is 0 Å². The summed E-state index contributed by atoms with van der Waals surface area (Å²) in [5.74, 6) is 2.02. The summed E-state index contributed by atoms with van der Waals surface area (Å²) in [5.41, 5.74) is 1.95. The van der Waals surface area contributed by atoms with E-state index in [0.29, 0.717) is 6.54 Å². The van der Waals surface area contributed by atoms with Crippen molar-refractivity contribution in [1.82, 2.24) is 9.97 Å². The van der Waals surface area contributed by atoms with Crippen LogP contribution in [-0.2, 0) is 16.1 Å². The fourth-order valence-electron chi connectivity index (χ4n) is 3.79. The Morgan fingerprint density at radius 1 is 1.14 bits per heavy atom. The van der Waals surface area contributed by atoms with Gasteiger partial charge in [-0.25, -0.2) is 9.97 Å². The van der Waals surface area contributed by atoms with E-state index in [2.05, 4.69) is 25.5 Å². The van der Waals surface area contributed by atoms with Crippen molar-refractivity contribution in [2.45, 2.75) is 32.2 Å². The molecule has 2 heterocycles. The maximum Gasteiger partial charge on any atom is 0.227 e. The molecule has 28 heavy (non-hydrogen) atoms. The van der Waals surface area contributed by atoms with Crippen molar-refractivity contribution in [2.24, 2.45) is 5.92 Å². The standard InChI is InChI=1S/C21H27N5O2/c27-21(17-5-1-2-6-17)25-18-7-3-4-16(12-18)14-22-19-13-20(24-15-23-19)26-8-10-28-11-9-26/h3-4,7,12-13,15,17H,1-2,5-6,8-11,14H2,(H,25,27)(H,22,23,24). The number of nitrogens with zero attached hydrogens (tertiary/aromatic N) is 3. The first-order valence-corrected chi connectivity index (χ1v) is 10.1. The molecule has 4 rings (SSSR count). The fourth-order valence-corrected chi connectivity index (χ4v) is 3.79. The summed E-state index contributed by atoms with van der Waals surface area (Å²) in [6, 6.07) is 9.95. The van der Waals surface area contributed by atoms with Crippen molar-refractivity contribution < 1.29 is 9.53 Å². The minimum atomic E-state index is 0.147. The lowest BCUT2D eigenvalue weighted by Gasteiger charge is -2.27. The van der Waals surface area contributed by atoms with Gasteiger partial charge in [0.25, 0.3) is 0 Å². The Morgan fingerprint density at radius 3 is 2.79 bits per heavy atom. The number of hydrogen-bond donors (Lipinski definition) is 2. The molecule has 1 aromatic carbocycles. The highest BCUT2D eigenvalue weighted by atomic mass is 16.5. The summed E-state index contributed by atoms with van der Waals surface area (Å²) in [5, 5.41) is 6.42. The Bertz CT molecular complexity index is 801. The van der Waals surface area contributed by atoms with Crippen LogP contribution in [0.25, 0.3) is 0 Å². The highest BCUT2D eigenvalue weighted by Crippen LogP contribution is 2.26. The number of carbonyl (C=O) groups excluding carboxylic acids is 1. The van der Waals surface area contributed by atoms with Gasteiger partial charge >= 0.3 is 0 Å². The van der Waals surface area contributed by atoms with E-state index < -0.39 is 0 Å². The van der Waals surface area contributed by atoms with E-state index in [0.717, 1.165) is 74.9 Å². The Labute approximate surface area is 165 Å². The Kier molecular flexibility index (Phi) is 6.01. The molecule has 2 aromatic rings. The predicted molar refractivity (Wildman–Crippen MR) is 109 cm³/mol. The SMILES string of the molecule is O=C(Nc1cccc(CNc2cc(N3CCOCC3)ncn2)c1)C1CCCC1. The van der Waals surface area contributed by atoms with Crippen LogP contribution >= 0.6 is 0 Å². The van der Waals surface area contributed by atoms with Gasteiger partial charge in [0, 0.05) is 37.3 Å². The molecule has 2 N–H and O–H groups in total. The van der Waals surface area contributed by atoms with Gasteiger partial charge < -0.3 is 20.3 Å². The quantitative estimate of drug-likeness (QED) is 0.801. The molecular weight excluding hydrogens is 354 g/mol. The van der Waals surface area contributed by atoms with Gasteiger partial charge in [-0.15, -0.1) is 0 Å². The minimum Gasteiger partial charge on any atom is -0.378 e. The van der Waals surface area contributed by atoms with Crippen LogP contribution in [0.15, 0.2) is 36.7 Å². The molecule has 1 amide bonds. The summed E-state index contributed by atoms with van der Waals surface area (Å²) >= 11 is 0. The highest BCUT2D eigenvalue weighted by Gasteiger charge is 2.22. The van der Waals surface area contributed by atoms with Crippen LogP contribution in [-0.4, -0.2) is 42.2 Å². The number of carbonyl (C=O) groups is 1. The molecule has 0 radical (unpaired) electrons. The van der Waals surface area contributed by atoms with Gasteiger partial charge in [-0.3, -0.25) is 4.79 Å². The molecule has 7 nitrogen and oxygen atoms in total. The van der Waals surface area contributed by atoms with Crippen LogP contribution in [0, 0.1) is 5.92 Å². The second-order valence-electron chi connectivity index (χ2n) is 7.39. The monoisotopic (exact) mass is 381 g/mol. The smallest absolute Gasteiger partial charge is 0.227 e. The van der Waals surface area contributed by atoms with E-state index in [-0.39, 0.29) is 11.8 Å². The normalized spacial score (nSPS) is 17.5. The molecule has 0 spiro atoms. The lowest BCUT2D eigenvalue weighted by atomic mass is 10.1. The molecule has 2 aliphatic rings. The van der Waals surface area contributed by atoms with E-state index in [9.17, 15) is 4.79 Å². The summed E-state index contributed by atoms with van der Waals surface area (Å²) in [7, 11) is 0. The van der Waals surface area contributed by atoms with E-state index in [1.807, 2.05) is 30.3 Å². The van der Waals surface area contributed by atoms with Crippen LogP contribution < -0.4 is 15.5 Å². The van der Waals surface area contributed by atoms with Crippen LogP contribution in [0.1, 0.15) is 31.2 Å². The first-order valence-electron chi connectivity index (χ1n) is 10.1. The molecule has 1 aliphatic heterocycles. The number of amides is 1. The number of ether oxygens (including phenoxy) is 1. The number of anilines is 3. The lowest BCUT2D eigenvalue weighted by Crippen LogP contribution is -2.36. The number of aromatic nitrogens is 2. The predicted octanol–water partition coefficient (Wildman–Crippen LogP) is 3.05. The largest absolute Gasteiger partial charge is 0.378 e. The van der Waals surface area contributed by atoms with Gasteiger partial charge in [-0.2, -0.15) is 0 Å². The zero-order valence-electron chi connectivity index (χ0n) is 16.1. The van der Waals surface area contributed by atoms with E-state index in [1.165, 1.54) is 0 Å². The van der Waals surface area contributed by atoms with Crippen LogP contribution in [0.4, 0.5) is 17.3 Å². The molecule has 1 aliphatic carbocycles. The third-order valence-electron chi connectivity index (χ3n) is 5.38. The Morgan fingerprint density at radius 2 is 1.96 bits per heavy atom. The average Bonchev–Trinajstić information content (AvgIpc) is 3.29. The third-order valence-corrected chi connectivity index (χ3v) is 5.38.